The van der Waals surface area contributed by atoms with E-state index in [0.717, 1.165) is 59.5 Å². The van der Waals surface area contributed by atoms with Crippen molar-refractivity contribution in [3.63, 3.8) is 0 Å². The summed E-state index contributed by atoms with van der Waals surface area (Å²) in [6.45, 7) is 5.08. The lowest BCUT2D eigenvalue weighted by molar-refractivity contribution is 0.354. The molecule has 0 radical (unpaired) electrons. The summed E-state index contributed by atoms with van der Waals surface area (Å²) in [4.78, 5) is 22.8. The van der Waals surface area contributed by atoms with E-state index in [4.69, 9.17) is 14.5 Å². The van der Waals surface area contributed by atoms with E-state index < -0.39 is 0 Å². The lowest BCUT2D eigenvalue weighted by atomic mass is 9.89. The predicted molar refractivity (Wildman–Crippen MR) is 121 cm³/mol. The third-order valence-corrected chi connectivity index (χ3v) is 7.05. The first-order valence-corrected chi connectivity index (χ1v) is 11.3. The smallest absolute Gasteiger partial charge is 0.259 e. The molecule has 7 heteroatoms. The highest BCUT2D eigenvalue weighted by Crippen LogP contribution is 2.35. The molecule has 2 atom stereocenters. The highest BCUT2D eigenvalue weighted by Gasteiger charge is 2.23. The molecule has 0 unspecified atom stereocenters. The number of nitrogens with zero attached hydrogens (tertiary/aromatic N) is 1. The molecular formula is C23H29N3O3S. The van der Waals surface area contributed by atoms with Gasteiger partial charge in [-0.25, -0.2) is 4.98 Å². The first-order chi connectivity index (χ1) is 14.5. The number of hydrogen-bond donors (Lipinski definition) is 2. The van der Waals surface area contributed by atoms with Gasteiger partial charge in [-0.2, -0.15) is 0 Å². The number of fused-ring (bicyclic) bond motifs is 3. The van der Waals surface area contributed by atoms with E-state index in [9.17, 15) is 4.79 Å². The Morgan fingerprint density at radius 3 is 2.87 bits per heavy atom. The van der Waals surface area contributed by atoms with Crippen LogP contribution >= 0.6 is 11.3 Å². The van der Waals surface area contributed by atoms with E-state index in [2.05, 4.69) is 17.2 Å². The van der Waals surface area contributed by atoms with Gasteiger partial charge < -0.3 is 19.8 Å². The van der Waals surface area contributed by atoms with Crippen LogP contribution in [-0.4, -0.2) is 30.7 Å². The zero-order valence-electron chi connectivity index (χ0n) is 18.0. The number of aromatic amines is 1. The Kier molecular flexibility index (Phi) is 6.11. The van der Waals surface area contributed by atoms with Gasteiger partial charge in [-0.15, -0.1) is 11.3 Å². The van der Waals surface area contributed by atoms with Gasteiger partial charge in [0.05, 0.1) is 25.6 Å². The van der Waals surface area contributed by atoms with E-state index >= 15 is 0 Å². The van der Waals surface area contributed by atoms with Crippen LogP contribution in [-0.2, 0) is 19.3 Å². The number of rotatable bonds is 7. The summed E-state index contributed by atoms with van der Waals surface area (Å²) >= 11 is 1.69. The SMILES string of the molecule is COc1ccc(CCN[C@H](C)c2nc3sc4c(c3c(=O)[nH]2)CC[C@H](C)C4)cc1OC. The standard InChI is InChI=1S/C23H29N3O3S/c1-13-5-7-16-19(11-13)30-23-20(16)22(27)25-21(26-23)14(2)24-10-9-15-6-8-17(28-3)18(12-15)29-4/h6,8,12-14,24H,5,7,9-11H2,1-4H3,(H,25,26,27)/t13-,14+/m0/s1. The van der Waals surface area contributed by atoms with E-state index in [1.165, 1.54) is 10.4 Å². The molecule has 2 aromatic heterocycles. The Morgan fingerprint density at radius 2 is 2.10 bits per heavy atom. The van der Waals surface area contributed by atoms with E-state index in [0.29, 0.717) is 11.7 Å². The highest BCUT2D eigenvalue weighted by atomic mass is 32.1. The predicted octanol–water partition coefficient (Wildman–Crippen LogP) is 4.02. The van der Waals surface area contributed by atoms with Crippen molar-refractivity contribution in [2.45, 2.75) is 45.6 Å². The van der Waals surface area contributed by atoms with Crippen LogP contribution in [0.15, 0.2) is 23.0 Å². The molecule has 0 aliphatic heterocycles. The monoisotopic (exact) mass is 427 g/mol. The Balaban J connectivity index is 1.46. The maximum absolute atomic E-state index is 12.8. The van der Waals surface area contributed by atoms with E-state index in [1.54, 1.807) is 25.6 Å². The van der Waals surface area contributed by atoms with Gasteiger partial charge in [0.1, 0.15) is 10.7 Å². The average molecular weight is 428 g/mol. The maximum atomic E-state index is 12.8. The number of thiophene rings is 1. The van der Waals surface area contributed by atoms with Crippen LogP contribution in [0.3, 0.4) is 0 Å². The van der Waals surface area contributed by atoms with Crippen molar-refractivity contribution >= 4 is 21.6 Å². The van der Waals surface area contributed by atoms with Crippen LogP contribution in [0.5, 0.6) is 11.5 Å². The van der Waals surface area contributed by atoms with Gasteiger partial charge in [-0.3, -0.25) is 4.79 Å². The van der Waals surface area contributed by atoms with Crippen LogP contribution in [0, 0.1) is 5.92 Å². The van der Waals surface area contributed by atoms with Gasteiger partial charge in [-0.1, -0.05) is 13.0 Å². The molecule has 0 fully saturated rings. The van der Waals surface area contributed by atoms with Crippen molar-refractivity contribution in [2.24, 2.45) is 5.92 Å². The minimum Gasteiger partial charge on any atom is -0.493 e. The summed E-state index contributed by atoms with van der Waals surface area (Å²) in [5.41, 5.74) is 2.38. The summed E-state index contributed by atoms with van der Waals surface area (Å²) in [6, 6.07) is 5.91. The topological polar surface area (TPSA) is 76.2 Å². The molecule has 2 heterocycles. The Morgan fingerprint density at radius 1 is 1.30 bits per heavy atom. The molecule has 0 spiro atoms. The quantitative estimate of drug-likeness (QED) is 0.596. The first kappa shape index (κ1) is 20.9. The largest absolute Gasteiger partial charge is 0.493 e. The van der Waals surface area contributed by atoms with Crippen molar-refractivity contribution in [1.29, 1.82) is 0 Å². The van der Waals surface area contributed by atoms with Crippen LogP contribution in [0.2, 0.25) is 0 Å². The van der Waals surface area contributed by atoms with Crippen molar-refractivity contribution in [3.8, 4) is 11.5 Å². The molecule has 0 saturated carbocycles. The molecule has 0 bridgehead atoms. The lowest BCUT2D eigenvalue weighted by Gasteiger charge is -2.17. The van der Waals surface area contributed by atoms with Gasteiger partial charge in [0.15, 0.2) is 11.5 Å². The Labute approximate surface area is 180 Å². The number of nitrogens with one attached hydrogen (secondary N) is 2. The molecule has 0 amide bonds. The number of H-pyrrole nitrogens is 1. The third-order valence-electron chi connectivity index (χ3n) is 5.91. The van der Waals surface area contributed by atoms with Crippen molar-refractivity contribution < 1.29 is 9.47 Å². The molecular weight excluding hydrogens is 398 g/mol. The van der Waals surface area contributed by atoms with Crippen molar-refractivity contribution in [2.75, 3.05) is 20.8 Å². The molecule has 0 saturated heterocycles. The number of methoxy groups -OCH3 is 2. The average Bonchev–Trinajstić information content (AvgIpc) is 3.11. The van der Waals surface area contributed by atoms with Gasteiger partial charge in [0, 0.05) is 4.88 Å². The normalized spacial score (nSPS) is 17.0. The molecule has 3 aromatic rings. The summed E-state index contributed by atoms with van der Waals surface area (Å²) in [5.74, 6) is 2.84. The molecule has 1 aliphatic rings. The number of aryl methyl sites for hydroxylation is 1. The van der Waals surface area contributed by atoms with Crippen molar-refractivity contribution in [1.82, 2.24) is 15.3 Å². The third kappa shape index (κ3) is 4.09. The fourth-order valence-electron chi connectivity index (χ4n) is 4.14. The second kappa shape index (κ2) is 8.78. The minimum atomic E-state index is -0.0414. The first-order valence-electron chi connectivity index (χ1n) is 10.5. The molecule has 1 aromatic carbocycles. The second-order valence-electron chi connectivity index (χ2n) is 8.10. The number of ether oxygens (including phenoxy) is 2. The molecule has 4 rings (SSSR count). The number of hydrogen-bond acceptors (Lipinski definition) is 6. The number of aromatic nitrogens is 2. The van der Waals surface area contributed by atoms with Gasteiger partial charge in [0.2, 0.25) is 0 Å². The van der Waals surface area contributed by atoms with Crippen LogP contribution in [0.1, 0.15) is 48.1 Å². The van der Waals surface area contributed by atoms with Gasteiger partial charge in [0.25, 0.3) is 5.56 Å². The molecule has 30 heavy (non-hydrogen) atoms. The Bertz CT molecular complexity index is 1110. The zero-order valence-corrected chi connectivity index (χ0v) is 18.8. The van der Waals surface area contributed by atoms with Crippen LogP contribution in [0.25, 0.3) is 10.2 Å². The van der Waals surface area contributed by atoms with E-state index in [1.807, 2.05) is 25.1 Å². The Hall–Kier alpha value is -2.38. The molecule has 6 nitrogen and oxygen atoms in total. The molecule has 1 aliphatic carbocycles. The maximum Gasteiger partial charge on any atom is 0.259 e. The lowest BCUT2D eigenvalue weighted by Crippen LogP contribution is -2.25. The molecule has 2 N–H and O–H groups in total. The van der Waals surface area contributed by atoms with Gasteiger partial charge in [-0.05, 0) is 68.3 Å². The molecule has 160 valence electrons. The highest BCUT2D eigenvalue weighted by molar-refractivity contribution is 7.18. The summed E-state index contributed by atoms with van der Waals surface area (Å²) in [5, 5.41) is 4.28. The fourth-order valence-corrected chi connectivity index (χ4v) is 5.53. The fraction of sp³-hybridized carbons (Fsp3) is 0.478. The number of benzene rings is 1. The van der Waals surface area contributed by atoms with Gasteiger partial charge >= 0.3 is 0 Å². The zero-order chi connectivity index (χ0) is 21.3. The second-order valence-corrected chi connectivity index (χ2v) is 9.18. The van der Waals surface area contributed by atoms with Crippen LogP contribution in [0.4, 0.5) is 0 Å². The van der Waals surface area contributed by atoms with Crippen LogP contribution < -0.4 is 20.3 Å². The summed E-state index contributed by atoms with van der Waals surface area (Å²) in [7, 11) is 3.28. The van der Waals surface area contributed by atoms with Crippen molar-refractivity contribution in [3.05, 3.63) is 50.4 Å². The summed E-state index contributed by atoms with van der Waals surface area (Å²) < 4.78 is 10.7. The minimum absolute atomic E-state index is 0.00408. The van der Waals surface area contributed by atoms with E-state index in [-0.39, 0.29) is 11.6 Å². The summed E-state index contributed by atoms with van der Waals surface area (Å²) in [6.07, 6.45) is 4.03.